The summed E-state index contributed by atoms with van der Waals surface area (Å²) in [5.74, 6) is 0.536. The topological polar surface area (TPSA) is 87.0 Å². The summed E-state index contributed by atoms with van der Waals surface area (Å²) in [4.78, 5) is 0. The molecule has 0 bridgehead atoms. The van der Waals surface area contributed by atoms with Crippen molar-refractivity contribution in [1.82, 2.24) is 20.0 Å². The largest absolute Gasteiger partial charge is 0.508 e. The third-order valence-electron chi connectivity index (χ3n) is 5.47. The Kier molecular flexibility index (Phi) is 5.84. The molecule has 2 aromatic carbocycles. The Morgan fingerprint density at radius 1 is 0.967 bits per heavy atom. The average molecular weight is 402 g/mol. The lowest BCUT2D eigenvalue weighted by Crippen LogP contribution is -2.19. The molecular weight excluding hydrogens is 376 g/mol. The molecule has 1 aliphatic carbocycles. The van der Waals surface area contributed by atoms with E-state index in [1.54, 1.807) is 36.7 Å². The Morgan fingerprint density at radius 2 is 1.60 bits per heavy atom. The van der Waals surface area contributed by atoms with Crippen LogP contribution >= 0.6 is 0 Å². The highest BCUT2D eigenvalue weighted by Crippen LogP contribution is 2.40. The van der Waals surface area contributed by atoms with Crippen LogP contribution in [0.15, 0.2) is 67.0 Å². The number of aromatic nitrogens is 4. The molecule has 0 spiro atoms. The van der Waals surface area contributed by atoms with Gasteiger partial charge in [-0.15, -0.1) is 0 Å². The van der Waals surface area contributed by atoms with Crippen LogP contribution in [0, 0.1) is 0 Å². The normalized spacial score (nSPS) is 13.4. The molecule has 4 aromatic rings. The summed E-state index contributed by atoms with van der Waals surface area (Å²) in [6.45, 7) is 2.15. The molecule has 0 unspecified atom stereocenters. The number of benzene rings is 2. The van der Waals surface area contributed by atoms with Crippen LogP contribution in [-0.2, 0) is 6.42 Å². The average Bonchev–Trinajstić information content (AvgIpc) is 3.40. The first-order valence-corrected chi connectivity index (χ1v) is 10.3. The van der Waals surface area contributed by atoms with Crippen molar-refractivity contribution in [3.63, 3.8) is 0 Å². The van der Waals surface area contributed by atoms with Gasteiger partial charge in [-0.05, 0) is 80.3 Å². The summed E-state index contributed by atoms with van der Waals surface area (Å²) in [5, 5.41) is 30.4. The van der Waals surface area contributed by atoms with Gasteiger partial charge in [-0.2, -0.15) is 10.2 Å². The maximum atomic E-state index is 9.63. The molecule has 0 atom stereocenters. The van der Waals surface area contributed by atoms with Gasteiger partial charge in [0.2, 0.25) is 0 Å². The van der Waals surface area contributed by atoms with Gasteiger partial charge in [-0.3, -0.25) is 9.78 Å². The zero-order chi connectivity index (χ0) is 20.9. The molecule has 2 aromatic heterocycles. The van der Waals surface area contributed by atoms with Crippen LogP contribution in [0.5, 0.6) is 11.5 Å². The van der Waals surface area contributed by atoms with E-state index in [4.69, 9.17) is 5.10 Å². The van der Waals surface area contributed by atoms with Gasteiger partial charge in [0.25, 0.3) is 0 Å². The van der Waals surface area contributed by atoms with Crippen LogP contribution in [0.3, 0.4) is 0 Å². The van der Waals surface area contributed by atoms with E-state index in [1.165, 1.54) is 12.0 Å². The van der Waals surface area contributed by atoms with E-state index in [1.807, 2.05) is 30.3 Å². The summed E-state index contributed by atoms with van der Waals surface area (Å²) >= 11 is 0. The Labute approximate surface area is 175 Å². The lowest BCUT2D eigenvalue weighted by molar-refractivity contribution is 0.292. The molecule has 3 N–H and O–H groups in total. The number of hydrogen-bond donors (Lipinski definition) is 3. The number of nitrogens with zero attached hydrogens (tertiary/aromatic N) is 3. The quantitative estimate of drug-likeness (QED) is 0.431. The zero-order valence-corrected chi connectivity index (χ0v) is 17.0. The molecule has 1 saturated carbocycles. The van der Waals surface area contributed by atoms with Gasteiger partial charge >= 0.3 is 0 Å². The molecule has 154 valence electrons. The molecule has 5 rings (SSSR count). The van der Waals surface area contributed by atoms with Crippen LogP contribution in [0.2, 0.25) is 0 Å². The minimum atomic E-state index is 0.263. The summed E-state index contributed by atoms with van der Waals surface area (Å²) < 4.78 is 2.18. The molecular formula is C24H26N4O2. The van der Waals surface area contributed by atoms with E-state index in [-0.39, 0.29) is 11.5 Å². The first-order valence-electron chi connectivity index (χ1n) is 10.3. The minimum Gasteiger partial charge on any atom is -0.508 e. The molecule has 1 fully saturated rings. The molecule has 6 nitrogen and oxygen atoms in total. The fourth-order valence-electron chi connectivity index (χ4n) is 3.69. The van der Waals surface area contributed by atoms with Crippen LogP contribution < -0.4 is 0 Å². The second-order valence-electron chi connectivity index (χ2n) is 7.42. The van der Waals surface area contributed by atoms with E-state index in [0.29, 0.717) is 6.04 Å². The van der Waals surface area contributed by atoms with Crippen molar-refractivity contribution in [1.29, 1.82) is 0 Å². The molecule has 0 aliphatic heterocycles. The van der Waals surface area contributed by atoms with E-state index >= 15 is 0 Å². The van der Waals surface area contributed by atoms with Gasteiger partial charge < -0.3 is 10.2 Å². The van der Waals surface area contributed by atoms with E-state index in [2.05, 4.69) is 21.8 Å². The van der Waals surface area contributed by atoms with Crippen LogP contribution in [0.4, 0.5) is 0 Å². The number of phenolic OH excluding ortho intramolecular Hbond substituents is 2. The van der Waals surface area contributed by atoms with Gasteiger partial charge in [-0.25, -0.2) is 0 Å². The first-order chi connectivity index (χ1) is 14.7. The van der Waals surface area contributed by atoms with Gasteiger partial charge in [0, 0.05) is 29.1 Å². The summed E-state index contributed by atoms with van der Waals surface area (Å²) in [5.41, 5.74) is 5.45. The van der Waals surface area contributed by atoms with Crippen molar-refractivity contribution < 1.29 is 10.2 Å². The Morgan fingerprint density at radius 3 is 2.03 bits per heavy atom. The maximum absolute atomic E-state index is 9.63. The molecule has 0 amide bonds. The van der Waals surface area contributed by atoms with E-state index in [9.17, 15) is 10.2 Å². The lowest BCUT2D eigenvalue weighted by atomic mass is 9.92. The van der Waals surface area contributed by atoms with Crippen molar-refractivity contribution in [2.75, 3.05) is 0 Å². The maximum Gasteiger partial charge on any atom is 0.115 e. The van der Waals surface area contributed by atoms with Crippen molar-refractivity contribution in [3.05, 3.63) is 72.6 Å². The standard InChI is InChI=1S/C21H22N2O2.C3H4N2/c1-2-19-20(14-6-10-17(24)11-7-14)22-23(16-4-3-5-16)21(19)15-8-12-18(25)13-9-15;1-2-4-5-3-1/h6-13,16,24-25H,2-5H2,1H3;1-3H,(H,4,5). The highest BCUT2D eigenvalue weighted by atomic mass is 16.3. The van der Waals surface area contributed by atoms with E-state index < -0.39 is 0 Å². The van der Waals surface area contributed by atoms with Gasteiger partial charge in [0.1, 0.15) is 11.5 Å². The number of aromatic hydroxyl groups is 2. The van der Waals surface area contributed by atoms with Crippen LogP contribution in [0.1, 0.15) is 37.8 Å². The van der Waals surface area contributed by atoms with Gasteiger partial charge in [0.15, 0.2) is 0 Å². The SMILES string of the molecule is CCc1c(-c2ccc(O)cc2)nn(C2CCC2)c1-c1ccc(O)cc1.c1cn[nH]c1. The monoisotopic (exact) mass is 402 g/mol. The van der Waals surface area contributed by atoms with Crippen molar-refractivity contribution in [2.45, 2.75) is 38.6 Å². The Hall–Kier alpha value is -3.54. The third-order valence-corrected chi connectivity index (χ3v) is 5.47. The third kappa shape index (κ3) is 4.08. The molecule has 1 aliphatic rings. The second kappa shape index (κ2) is 8.86. The number of hydrogen-bond acceptors (Lipinski definition) is 4. The Bertz CT molecular complexity index is 1050. The number of H-pyrrole nitrogens is 1. The van der Waals surface area contributed by atoms with Crippen molar-refractivity contribution in [3.8, 4) is 34.0 Å². The predicted octanol–water partition coefficient (Wildman–Crippen LogP) is 5.33. The smallest absolute Gasteiger partial charge is 0.115 e. The molecule has 30 heavy (non-hydrogen) atoms. The fourth-order valence-corrected chi connectivity index (χ4v) is 3.69. The lowest BCUT2D eigenvalue weighted by Gasteiger charge is -2.28. The zero-order valence-electron chi connectivity index (χ0n) is 17.0. The number of aromatic amines is 1. The second-order valence-corrected chi connectivity index (χ2v) is 7.42. The van der Waals surface area contributed by atoms with Gasteiger partial charge in [0.05, 0.1) is 17.4 Å². The molecule has 0 saturated heterocycles. The van der Waals surface area contributed by atoms with Crippen molar-refractivity contribution in [2.24, 2.45) is 0 Å². The first kappa shape index (κ1) is 19.8. The fraction of sp³-hybridized carbons (Fsp3) is 0.250. The molecule has 6 heteroatoms. The number of nitrogens with one attached hydrogen (secondary N) is 1. The minimum absolute atomic E-state index is 0.263. The summed E-state index contributed by atoms with van der Waals surface area (Å²) in [6, 6.07) is 16.9. The van der Waals surface area contributed by atoms with Crippen LogP contribution in [0.25, 0.3) is 22.5 Å². The number of phenols is 2. The summed E-state index contributed by atoms with van der Waals surface area (Å²) in [6.07, 6.45) is 7.89. The molecule has 0 radical (unpaired) electrons. The van der Waals surface area contributed by atoms with E-state index in [0.717, 1.165) is 41.8 Å². The summed E-state index contributed by atoms with van der Waals surface area (Å²) in [7, 11) is 0. The van der Waals surface area contributed by atoms with Gasteiger partial charge in [-0.1, -0.05) is 6.92 Å². The Balaban J connectivity index is 0.000000383. The molecule has 2 heterocycles. The highest BCUT2D eigenvalue weighted by Gasteiger charge is 2.27. The van der Waals surface area contributed by atoms with Crippen LogP contribution in [-0.4, -0.2) is 30.2 Å². The predicted molar refractivity (Wildman–Crippen MR) is 117 cm³/mol. The van der Waals surface area contributed by atoms with Crippen molar-refractivity contribution >= 4 is 0 Å². The highest BCUT2D eigenvalue weighted by molar-refractivity contribution is 5.75. The number of rotatable bonds is 4.